The number of carbonyl (C=O) groups is 1. The van der Waals surface area contributed by atoms with Crippen LogP contribution in [0.2, 0.25) is 0 Å². The Kier molecular flexibility index (Phi) is 3.18. The lowest BCUT2D eigenvalue weighted by molar-refractivity contribution is 0.0933. The molecule has 1 heterocycles. The Balaban J connectivity index is 1.98. The van der Waals surface area contributed by atoms with Gasteiger partial charge in [-0.25, -0.2) is 9.36 Å². The van der Waals surface area contributed by atoms with Gasteiger partial charge in [0.1, 0.15) is 5.52 Å². The van der Waals surface area contributed by atoms with E-state index in [9.17, 15) is 9.59 Å². The first-order valence-corrected chi connectivity index (χ1v) is 7.88. The number of aryl methyl sites for hydroxylation is 4. The van der Waals surface area contributed by atoms with E-state index in [4.69, 9.17) is 4.42 Å². The van der Waals surface area contributed by atoms with Crippen LogP contribution in [0.5, 0.6) is 0 Å². The monoisotopic (exact) mass is 307 g/mol. The summed E-state index contributed by atoms with van der Waals surface area (Å²) in [6.45, 7) is 1.40. The number of hydrogen-bond acceptors (Lipinski definition) is 3. The van der Waals surface area contributed by atoms with E-state index in [1.807, 2.05) is 12.1 Å². The van der Waals surface area contributed by atoms with Crippen molar-refractivity contribution in [3.8, 4) is 0 Å². The minimum absolute atomic E-state index is 0.303. The molecule has 3 aromatic rings. The molecule has 0 aliphatic heterocycles. The topological polar surface area (TPSA) is 52.2 Å². The summed E-state index contributed by atoms with van der Waals surface area (Å²) in [5, 5.41) is 0. The summed E-state index contributed by atoms with van der Waals surface area (Å²) >= 11 is 0. The van der Waals surface area contributed by atoms with Crippen molar-refractivity contribution < 1.29 is 9.21 Å². The van der Waals surface area contributed by atoms with Gasteiger partial charge in [-0.05, 0) is 47.9 Å². The summed E-state index contributed by atoms with van der Waals surface area (Å²) < 4.78 is 6.61. The number of hydrogen-bond donors (Lipinski definition) is 0. The van der Waals surface area contributed by atoms with Crippen LogP contribution in [-0.4, -0.2) is 10.5 Å². The van der Waals surface area contributed by atoms with Crippen molar-refractivity contribution in [3.05, 3.63) is 69.2 Å². The molecule has 0 N–H and O–H groups in total. The molecule has 4 aliphatic rings. The zero-order valence-corrected chi connectivity index (χ0v) is 13.0. The molecule has 2 aromatic carbocycles. The van der Waals surface area contributed by atoms with E-state index in [1.54, 1.807) is 0 Å². The van der Waals surface area contributed by atoms with E-state index in [0.29, 0.717) is 11.1 Å². The third-order valence-electron chi connectivity index (χ3n) is 4.60. The first kappa shape index (κ1) is 14.0. The van der Waals surface area contributed by atoms with Gasteiger partial charge in [-0.15, -0.1) is 0 Å². The van der Waals surface area contributed by atoms with Crippen molar-refractivity contribution in [3.63, 3.8) is 0 Å². The first-order valence-electron chi connectivity index (χ1n) is 7.88. The van der Waals surface area contributed by atoms with Gasteiger partial charge >= 0.3 is 5.76 Å². The summed E-state index contributed by atoms with van der Waals surface area (Å²) in [6, 6.07) is 12.7. The molecule has 4 bridgehead atoms. The molecule has 0 amide bonds. The average molecular weight is 307 g/mol. The van der Waals surface area contributed by atoms with Crippen LogP contribution in [0.1, 0.15) is 34.0 Å². The van der Waals surface area contributed by atoms with Crippen molar-refractivity contribution in [2.24, 2.45) is 0 Å². The van der Waals surface area contributed by atoms with Crippen molar-refractivity contribution in [1.82, 2.24) is 4.57 Å². The maximum atomic E-state index is 12.1. The van der Waals surface area contributed by atoms with Gasteiger partial charge in [-0.3, -0.25) is 4.79 Å². The highest BCUT2D eigenvalue weighted by atomic mass is 16.4. The largest absolute Gasteiger partial charge is 0.426 e. The summed E-state index contributed by atoms with van der Waals surface area (Å²) in [5.74, 6) is -0.891. The molecule has 4 aliphatic carbocycles. The Bertz CT molecular complexity index is 961. The number of oxazole rings is 1. The van der Waals surface area contributed by atoms with Crippen LogP contribution in [0.3, 0.4) is 0 Å². The van der Waals surface area contributed by atoms with Crippen LogP contribution in [0.25, 0.3) is 11.1 Å². The summed E-state index contributed by atoms with van der Waals surface area (Å²) in [6.07, 6.45) is 3.29. The molecule has 0 saturated heterocycles. The van der Waals surface area contributed by atoms with E-state index in [0.717, 1.165) is 36.8 Å². The highest BCUT2D eigenvalue weighted by Crippen LogP contribution is 2.26. The summed E-state index contributed by atoms with van der Waals surface area (Å²) in [4.78, 5) is 24.0. The van der Waals surface area contributed by atoms with Crippen LogP contribution >= 0.6 is 0 Å². The minimum atomic E-state index is -0.587. The van der Waals surface area contributed by atoms with Gasteiger partial charge < -0.3 is 4.42 Å². The Hall–Kier alpha value is -2.62. The molecule has 7 rings (SSSR count). The van der Waals surface area contributed by atoms with E-state index in [1.165, 1.54) is 22.6 Å². The van der Waals surface area contributed by atoms with Gasteiger partial charge in [-0.1, -0.05) is 36.4 Å². The molecule has 0 unspecified atom stereocenters. The molecule has 0 fully saturated rings. The predicted octanol–water partition coefficient (Wildman–Crippen LogP) is 3.14. The van der Waals surface area contributed by atoms with E-state index in [2.05, 4.69) is 24.3 Å². The minimum Gasteiger partial charge on any atom is -0.407 e. The lowest BCUT2D eigenvalue weighted by Gasteiger charge is -2.11. The second kappa shape index (κ2) is 5.23. The Labute approximate surface area is 133 Å². The van der Waals surface area contributed by atoms with Gasteiger partial charge in [0, 0.05) is 6.92 Å². The number of benzene rings is 2. The molecule has 0 saturated carbocycles. The third kappa shape index (κ3) is 2.31. The fourth-order valence-electron chi connectivity index (χ4n) is 3.35. The van der Waals surface area contributed by atoms with Crippen molar-refractivity contribution in [2.45, 2.75) is 32.6 Å². The summed E-state index contributed by atoms with van der Waals surface area (Å²) in [7, 11) is 0. The first-order chi connectivity index (χ1) is 11.1. The molecule has 1 aromatic heterocycles. The van der Waals surface area contributed by atoms with Gasteiger partial charge in [0.25, 0.3) is 0 Å². The van der Waals surface area contributed by atoms with Gasteiger partial charge in [0.2, 0.25) is 5.91 Å². The van der Waals surface area contributed by atoms with Crippen molar-refractivity contribution in [2.75, 3.05) is 0 Å². The molecule has 0 spiro atoms. The molecule has 4 heteroatoms. The maximum Gasteiger partial charge on any atom is 0.426 e. The second-order valence-electron chi connectivity index (χ2n) is 6.10. The number of rotatable bonds is 0. The number of carbonyl (C=O) groups excluding carboxylic acids is 1. The molecule has 116 valence electrons. The Morgan fingerprint density at radius 2 is 1.48 bits per heavy atom. The smallest absolute Gasteiger partial charge is 0.407 e. The van der Waals surface area contributed by atoms with Crippen molar-refractivity contribution >= 4 is 17.0 Å². The second-order valence-corrected chi connectivity index (χ2v) is 6.10. The zero-order chi connectivity index (χ0) is 16.0. The highest BCUT2D eigenvalue weighted by molar-refractivity contribution is 5.91. The molecule has 0 radical (unpaired) electrons. The summed E-state index contributed by atoms with van der Waals surface area (Å²) in [5.41, 5.74) is 5.69. The lowest BCUT2D eigenvalue weighted by atomic mass is 9.95. The van der Waals surface area contributed by atoms with Gasteiger partial charge in [0.05, 0.1) is 0 Å². The normalized spacial score (nSPS) is 14.0. The molecule has 4 nitrogen and oxygen atoms in total. The maximum absolute atomic E-state index is 12.1. The van der Waals surface area contributed by atoms with Gasteiger partial charge in [0.15, 0.2) is 5.58 Å². The Morgan fingerprint density at radius 1 is 0.913 bits per heavy atom. The third-order valence-corrected chi connectivity index (χ3v) is 4.60. The highest BCUT2D eigenvalue weighted by Gasteiger charge is 2.19. The molecular weight excluding hydrogens is 290 g/mol. The quantitative estimate of drug-likeness (QED) is 0.641. The molecule has 0 atom stereocenters. The number of nitrogens with zero attached hydrogens (tertiary/aromatic N) is 1. The average Bonchev–Trinajstić information content (AvgIpc) is 2.87. The number of aromatic nitrogens is 1. The van der Waals surface area contributed by atoms with Crippen molar-refractivity contribution in [1.29, 1.82) is 0 Å². The van der Waals surface area contributed by atoms with E-state index in [-0.39, 0.29) is 5.91 Å². The fourth-order valence-corrected chi connectivity index (χ4v) is 3.35. The molecule has 23 heavy (non-hydrogen) atoms. The van der Waals surface area contributed by atoms with Crippen LogP contribution in [0.15, 0.2) is 45.6 Å². The zero-order valence-electron chi connectivity index (χ0n) is 13.0. The van der Waals surface area contributed by atoms with Crippen LogP contribution in [0, 0.1) is 0 Å². The van der Waals surface area contributed by atoms with Gasteiger partial charge in [-0.2, -0.15) is 0 Å². The van der Waals surface area contributed by atoms with E-state index < -0.39 is 5.76 Å². The lowest BCUT2D eigenvalue weighted by Crippen LogP contribution is -2.20. The SMILES string of the molecule is CC(=O)n1c(=O)oc2c3ccc(c21)CCc1ccc(cc1)CC3. The predicted molar refractivity (Wildman–Crippen MR) is 88.0 cm³/mol. The van der Waals surface area contributed by atoms with E-state index >= 15 is 0 Å². The fraction of sp³-hybridized carbons (Fsp3) is 0.263. The Morgan fingerprint density at radius 3 is 2.09 bits per heavy atom. The standard InChI is InChI=1S/C19H17NO3/c1-12(21)20-17-15-8-6-13-2-4-14(5-3-13)7-9-16(11-10-15)18(17)23-19(20)22/h2-5,10-11H,6-9H2,1H3. The van der Waals surface area contributed by atoms with Crippen LogP contribution in [-0.2, 0) is 25.7 Å². The van der Waals surface area contributed by atoms with Crippen LogP contribution in [0.4, 0.5) is 0 Å². The molecular formula is C19H17NO3. The van der Waals surface area contributed by atoms with Crippen LogP contribution < -0.4 is 5.76 Å².